The first kappa shape index (κ1) is 11.7. The van der Waals surface area contributed by atoms with E-state index in [1.807, 2.05) is 12.1 Å². The summed E-state index contributed by atoms with van der Waals surface area (Å²) in [7, 11) is 1.67. The fourth-order valence-corrected chi connectivity index (χ4v) is 2.72. The highest BCUT2D eigenvalue weighted by Gasteiger charge is 2.31. The molecule has 3 rings (SSSR count). The summed E-state index contributed by atoms with van der Waals surface area (Å²) in [6.07, 6.45) is 2.79. The Morgan fingerprint density at radius 1 is 1.17 bits per heavy atom. The Balaban J connectivity index is 1.68. The maximum Gasteiger partial charge on any atom is 0.121 e. The first-order chi connectivity index (χ1) is 8.78. The van der Waals surface area contributed by atoms with Gasteiger partial charge in [0.2, 0.25) is 0 Å². The maximum absolute atomic E-state index is 6.10. The number of ether oxygens (including phenoxy) is 1. The smallest absolute Gasteiger partial charge is 0.121 e. The number of hydrogen-bond donors (Lipinski definition) is 1. The van der Waals surface area contributed by atoms with Crippen LogP contribution < -0.4 is 15.4 Å². The van der Waals surface area contributed by atoms with Crippen LogP contribution in [0.15, 0.2) is 18.2 Å². The molecule has 2 N–H and O–H groups in total. The summed E-state index contributed by atoms with van der Waals surface area (Å²) >= 11 is 0. The van der Waals surface area contributed by atoms with Crippen molar-refractivity contribution in [2.24, 2.45) is 0 Å². The van der Waals surface area contributed by atoms with E-state index in [1.54, 1.807) is 7.11 Å². The Labute approximate surface area is 108 Å². The van der Waals surface area contributed by atoms with Crippen molar-refractivity contribution in [3.8, 4) is 5.75 Å². The SMILES string of the molecule is COc1ccc(N2CCN(C3CC3)CC2)c(N)c1. The van der Waals surface area contributed by atoms with Gasteiger partial charge in [0.1, 0.15) is 5.75 Å². The summed E-state index contributed by atoms with van der Waals surface area (Å²) in [6, 6.07) is 6.84. The van der Waals surface area contributed by atoms with Gasteiger partial charge in [0.15, 0.2) is 0 Å². The lowest BCUT2D eigenvalue weighted by Crippen LogP contribution is -2.47. The molecule has 4 heteroatoms. The molecule has 1 saturated carbocycles. The number of methoxy groups -OCH3 is 1. The van der Waals surface area contributed by atoms with Crippen molar-refractivity contribution in [1.29, 1.82) is 0 Å². The molecule has 0 radical (unpaired) electrons. The molecule has 1 heterocycles. The molecule has 0 amide bonds. The van der Waals surface area contributed by atoms with Gasteiger partial charge < -0.3 is 15.4 Å². The minimum Gasteiger partial charge on any atom is -0.497 e. The van der Waals surface area contributed by atoms with Gasteiger partial charge in [-0.2, -0.15) is 0 Å². The number of rotatable bonds is 3. The molecular formula is C14H21N3O. The summed E-state index contributed by atoms with van der Waals surface area (Å²) in [5.74, 6) is 0.827. The molecule has 1 saturated heterocycles. The van der Waals surface area contributed by atoms with E-state index in [-0.39, 0.29) is 0 Å². The second-order valence-corrected chi connectivity index (χ2v) is 5.18. The third-order valence-electron chi connectivity index (χ3n) is 3.95. The molecule has 0 spiro atoms. The van der Waals surface area contributed by atoms with Crippen LogP contribution in [0.2, 0.25) is 0 Å². The van der Waals surface area contributed by atoms with Crippen LogP contribution in [0.3, 0.4) is 0 Å². The van der Waals surface area contributed by atoms with Crippen molar-refractivity contribution < 1.29 is 4.74 Å². The molecule has 1 aliphatic heterocycles. The first-order valence-corrected chi connectivity index (χ1v) is 6.70. The van der Waals surface area contributed by atoms with Crippen LogP contribution in [-0.4, -0.2) is 44.2 Å². The van der Waals surface area contributed by atoms with E-state index < -0.39 is 0 Å². The summed E-state index contributed by atoms with van der Waals surface area (Å²) in [6.45, 7) is 4.48. The zero-order chi connectivity index (χ0) is 12.5. The maximum atomic E-state index is 6.10. The van der Waals surface area contributed by atoms with Gasteiger partial charge in [-0.1, -0.05) is 0 Å². The van der Waals surface area contributed by atoms with Gasteiger partial charge in [0.25, 0.3) is 0 Å². The van der Waals surface area contributed by atoms with Crippen molar-refractivity contribution >= 4 is 11.4 Å². The molecule has 18 heavy (non-hydrogen) atoms. The van der Waals surface area contributed by atoms with Crippen LogP contribution in [0.5, 0.6) is 5.75 Å². The Morgan fingerprint density at radius 2 is 1.89 bits per heavy atom. The molecule has 0 bridgehead atoms. The summed E-state index contributed by atoms with van der Waals surface area (Å²) in [4.78, 5) is 4.99. The van der Waals surface area contributed by atoms with Gasteiger partial charge >= 0.3 is 0 Å². The van der Waals surface area contributed by atoms with Gasteiger partial charge in [-0.3, -0.25) is 4.90 Å². The molecule has 2 fully saturated rings. The van der Waals surface area contributed by atoms with Gasteiger partial charge in [0, 0.05) is 38.3 Å². The predicted octanol–water partition coefficient (Wildman–Crippen LogP) is 1.56. The van der Waals surface area contributed by atoms with Crippen LogP contribution in [-0.2, 0) is 0 Å². The number of nitrogens with zero attached hydrogens (tertiary/aromatic N) is 2. The molecule has 1 aromatic carbocycles. The minimum absolute atomic E-state index is 0.814. The van der Waals surface area contributed by atoms with Crippen molar-refractivity contribution in [3.63, 3.8) is 0 Å². The van der Waals surface area contributed by atoms with E-state index in [9.17, 15) is 0 Å². The molecule has 0 aromatic heterocycles. The minimum atomic E-state index is 0.814. The highest BCUT2D eigenvalue weighted by Crippen LogP contribution is 2.31. The zero-order valence-corrected chi connectivity index (χ0v) is 10.9. The lowest BCUT2D eigenvalue weighted by atomic mass is 10.2. The molecule has 0 unspecified atom stereocenters. The highest BCUT2D eigenvalue weighted by atomic mass is 16.5. The quantitative estimate of drug-likeness (QED) is 0.823. The Kier molecular flexibility index (Phi) is 3.04. The van der Waals surface area contributed by atoms with Crippen LogP contribution >= 0.6 is 0 Å². The van der Waals surface area contributed by atoms with Crippen molar-refractivity contribution in [3.05, 3.63) is 18.2 Å². The number of nitrogen functional groups attached to an aromatic ring is 1. The van der Waals surface area contributed by atoms with Gasteiger partial charge in [-0.15, -0.1) is 0 Å². The number of nitrogens with two attached hydrogens (primary N) is 1. The zero-order valence-electron chi connectivity index (χ0n) is 10.9. The average Bonchev–Trinajstić information content (AvgIpc) is 3.23. The fourth-order valence-electron chi connectivity index (χ4n) is 2.72. The molecule has 1 aromatic rings. The van der Waals surface area contributed by atoms with Gasteiger partial charge in [0.05, 0.1) is 18.5 Å². The molecule has 0 atom stereocenters. The topological polar surface area (TPSA) is 41.7 Å². The van der Waals surface area contributed by atoms with E-state index in [0.29, 0.717) is 0 Å². The molecular weight excluding hydrogens is 226 g/mol. The monoisotopic (exact) mass is 247 g/mol. The Bertz CT molecular complexity index is 423. The summed E-state index contributed by atoms with van der Waals surface area (Å²) < 4.78 is 5.19. The standard InChI is InChI=1S/C14H21N3O/c1-18-12-4-5-14(13(15)10-12)17-8-6-16(7-9-17)11-2-3-11/h4-5,10-11H,2-3,6-9,15H2,1H3. The van der Waals surface area contributed by atoms with E-state index in [2.05, 4.69) is 15.9 Å². The number of piperazine rings is 1. The van der Waals surface area contributed by atoms with Crippen LogP contribution in [0.4, 0.5) is 11.4 Å². The second kappa shape index (κ2) is 4.69. The van der Waals surface area contributed by atoms with Gasteiger partial charge in [-0.25, -0.2) is 0 Å². The Hall–Kier alpha value is -1.42. The van der Waals surface area contributed by atoms with Crippen molar-refractivity contribution in [2.45, 2.75) is 18.9 Å². The van der Waals surface area contributed by atoms with E-state index in [4.69, 9.17) is 10.5 Å². The average molecular weight is 247 g/mol. The molecule has 4 nitrogen and oxygen atoms in total. The molecule has 1 aliphatic carbocycles. The van der Waals surface area contributed by atoms with E-state index >= 15 is 0 Å². The third-order valence-corrected chi connectivity index (χ3v) is 3.95. The lowest BCUT2D eigenvalue weighted by molar-refractivity contribution is 0.248. The molecule has 98 valence electrons. The van der Waals surface area contributed by atoms with Crippen LogP contribution in [0.1, 0.15) is 12.8 Å². The second-order valence-electron chi connectivity index (χ2n) is 5.18. The number of hydrogen-bond acceptors (Lipinski definition) is 4. The van der Waals surface area contributed by atoms with Crippen molar-refractivity contribution in [1.82, 2.24) is 4.90 Å². The first-order valence-electron chi connectivity index (χ1n) is 6.70. The highest BCUT2D eigenvalue weighted by molar-refractivity contribution is 5.69. The normalized spacial score (nSPS) is 21.1. The summed E-state index contributed by atoms with van der Waals surface area (Å²) in [5, 5.41) is 0. The Morgan fingerprint density at radius 3 is 2.44 bits per heavy atom. The summed E-state index contributed by atoms with van der Waals surface area (Å²) in [5.41, 5.74) is 8.06. The van der Waals surface area contributed by atoms with E-state index in [0.717, 1.165) is 49.3 Å². The third kappa shape index (κ3) is 2.25. The molecule has 2 aliphatic rings. The lowest BCUT2D eigenvalue weighted by Gasteiger charge is -2.36. The fraction of sp³-hybridized carbons (Fsp3) is 0.571. The van der Waals surface area contributed by atoms with Gasteiger partial charge in [-0.05, 0) is 25.0 Å². The predicted molar refractivity (Wildman–Crippen MR) is 74.2 cm³/mol. The van der Waals surface area contributed by atoms with Crippen LogP contribution in [0, 0.1) is 0 Å². The van der Waals surface area contributed by atoms with Crippen molar-refractivity contribution in [2.75, 3.05) is 43.9 Å². The number of anilines is 2. The largest absolute Gasteiger partial charge is 0.497 e. The van der Waals surface area contributed by atoms with Crippen LogP contribution in [0.25, 0.3) is 0 Å². The number of benzene rings is 1. The van der Waals surface area contributed by atoms with E-state index in [1.165, 1.54) is 12.8 Å².